The number of hydrogen-bond acceptors (Lipinski definition) is 5. The number of nitrogens with one attached hydrogen (secondary N) is 1. The number of ether oxygens (including phenoxy) is 1. The van der Waals surface area contributed by atoms with E-state index in [-0.39, 0.29) is 0 Å². The molecule has 1 aromatic heterocycles. The number of nitrogens with zero attached hydrogens (tertiary/aromatic N) is 1. The predicted octanol–water partition coefficient (Wildman–Crippen LogP) is -1.73. The summed E-state index contributed by atoms with van der Waals surface area (Å²) in [5.41, 5.74) is -4.88. The highest BCUT2D eigenvalue weighted by molar-refractivity contribution is 5.33. The molecule has 1 unspecified atom stereocenters. The molecule has 7 nitrogen and oxygen atoms in total. The average Bonchev–Trinajstić information content (AvgIpc) is 2.62. The van der Waals surface area contributed by atoms with E-state index < -0.39 is 41.0 Å². The van der Waals surface area contributed by atoms with Crippen molar-refractivity contribution in [3.63, 3.8) is 0 Å². The molecule has 1 saturated heterocycles. The summed E-state index contributed by atoms with van der Waals surface area (Å²) in [6.07, 6.45) is -3.56. The van der Waals surface area contributed by atoms with Gasteiger partial charge in [0.05, 0.1) is 0 Å². The van der Waals surface area contributed by atoms with Crippen molar-refractivity contribution in [2.24, 2.45) is 0 Å². The Morgan fingerprint density at radius 1 is 1.56 bits per heavy atom. The number of fused-ring (bicyclic) bond motifs is 1. The van der Waals surface area contributed by atoms with Gasteiger partial charge in [-0.15, -0.1) is 0 Å². The van der Waals surface area contributed by atoms with E-state index in [9.17, 15) is 24.2 Å². The molecule has 2 fully saturated rings. The lowest BCUT2D eigenvalue weighted by atomic mass is 10.1. The molecule has 3 N–H and O–H groups in total. The highest BCUT2D eigenvalue weighted by Gasteiger charge is 2.85. The SMILES string of the molecule is C[C@]12O[C@@H](n3ccc(=O)[nH]c3=O)[C@H](F)[C@@]1(O)C2O. The third-order valence-corrected chi connectivity index (χ3v) is 3.81. The molecule has 2 heterocycles. The van der Waals surface area contributed by atoms with Gasteiger partial charge in [0, 0.05) is 12.3 Å². The fourth-order valence-corrected chi connectivity index (χ4v) is 2.51. The highest BCUT2D eigenvalue weighted by atomic mass is 19.1. The second kappa shape index (κ2) is 3.08. The molecule has 0 spiro atoms. The summed E-state index contributed by atoms with van der Waals surface area (Å²) in [6, 6.07) is 1.05. The van der Waals surface area contributed by atoms with Crippen LogP contribution >= 0.6 is 0 Å². The maximum Gasteiger partial charge on any atom is 0.330 e. The Kier molecular flexibility index (Phi) is 1.98. The largest absolute Gasteiger partial charge is 0.387 e. The van der Waals surface area contributed by atoms with Crippen LogP contribution in [0.15, 0.2) is 21.9 Å². The van der Waals surface area contributed by atoms with E-state index >= 15 is 0 Å². The van der Waals surface area contributed by atoms with Gasteiger partial charge in [-0.1, -0.05) is 0 Å². The Balaban J connectivity index is 2.02. The molecule has 18 heavy (non-hydrogen) atoms. The van der Waals surface area contributed by atoms with Crippen LogP contribution in [0.2, 0.25) is 0 Å². The molecule has 1 saturated carbocycles. The van der Waals surface area contributed by atoms with Gasteiger partial charge in [-0.2, -0.15) is 0 Å². The van der Waals surface area contributed by atoms with E-state index in [2.05, 4.69) is 0 Å². The Hall–Kier alpha value is -1.51. The number of rotatable bonds is 1. The first-order chi connectivity index (χ1) is 8.32. The van der Waals surface area contributed by atoms with Crippen molar-refractivity contribution < 1.29 is 19.3 Å². The fourth-order valence-electron chi connectivity index (χ4n) is 2.51. The molecule has 0 bridgehead atoms. The minimum Gasteiger partial charge on any atom is -0.387 e. The summed E-state index contributed by atoms with van der Waals surface area (Å²) in [4.78, 5) is 24.4. The van der Waals surface area contributed by atoms with Gasteiger partial charge in [0.1, 0.15) is 11.7 Å². The van der Waals surface area contributed by atoms with Crippen LogP contribution in [0, 0.1) is 0 Å². The fraction of sp³-hybridized carbons (Fsp3) is 0.600. The number of aliphatic hydroxyl groups excluding tert-OH is 1. The zero-order chi connectivity index (χ0) is 13.3. The quantitative estimate of drug-likeness (QED) is 0.555. The van der Waals surface area contributed by atoms with Gasteiger partial charge in [-0.25, -0.2) is 9.18 Å². The first kappa shape index (κ1) is 11.6. The van der Waals surface area contributed by atoms with E-state index in [1.165, 1.54) is 6.92 Å². The summed E-state index contributed by atoms with van der Waals surface area (Å²) in [6.45, 7) is 1.36. The van der Waals surface area contributed by atoms with Crippen molar-refractivity contribution in [2.75, 3.05) is 0 Å². The molecule has 0 aromatic carbocycles. The molecule has 1 aliphatic heterocycles. The van der Waals surface area contributed by atoms with Crippen LogP contribution in [0.4, 0.5) is 4.39 Å². The lowest BCUT2D eigenvalue weighted by Crippen LogP contribution is -2.39. The standard InChI is InChI=1S/C10H11FN2O5/c1-9-7(15)10(9,17)5(11)6(18-9)13-3-2-4(14)12-8(13)16/h2-3,5-7,15,17H,1H3,(H,12,14,16)/t5-,6+,7?,9+,10+/m0/s1. The Labute approximate surface area is 99.4 Å². The lowest BCUT2D eigenvalue weighted by molar-refractivity contribution is -0.0878. The molecular weight excluding hydrogens is 247 g/mol. The summed E-state index contributed by atoms with van der Waals surface area (Å²) in [5, 5.41) is 19.4. The molecule has 1 aromatic rings. The van der Waals surface area contributed by atoms with E-state index in [0.717, 1.165) is 16.8 Å². The second-order valence-corrected chi connectivity index (χ2v) is 4.76. The number of halogens is 1. The Morgan fingerprint density at radius 2 is 2.22 bits per heavy atom. The third kappa shape index (κ3) is 1.08. The molecule has 5 atom stereocenters. The van der Waals surface area contributed by atoms with Gasteiger partial charge in [0.15, 0.2) is 18.0 Å². The minimum absolute atomic E-state index is 0.611. The smallest absolute Gasteiger partial charge is 0.330 e. The molecule has 0 radical (unpaired) electrons. The van der Waals surface area contributed by atoms with Gasteiger partial charge < -0.3 is 14.9 Å². The van der Waals surface area contributed by atoms with Crippen LogP contribution in [0.3, 0.4) is 0 Å². The lowest BCUT2D eigenvalue weighted by Gasteiger charge is -2.21. The topological polar surface area (TPSA) is 105 Å². The molecular formula is C10H11FN2O5. The first-order valence-corrected chi connectivity index (χ1v) is 5.36. The van der Waals surface area contributed by atoms with E-state index in [1.54, 1.807) is 0 Å². The van der Waals surface area contributed by atoms with E-state index in [1.807, 2.05) is 4.98 Å². The van der Waals surface area contributed by atoms with Gasteiger partial charge in [0.25, 0.3) is 5.56 Å². The molecule has 2 aliphatic rings. The number of hydrogen-bond donors (Lipinski definition) is 3. The summed E-state index contributed by atoms with van der Waals surface area (Å²) < 4.78 is 20.1. The Morgan fingerprint density at radius 3 is 2.72 bits per heavy atom. The number of aromatic nitrogens is 2. The van der Waals surface area contributed by atoms with Crippen LogP contribution in [0.5, 0.6) is 0 Å². The van der Waals surface area contributed by atoms with Crippen molar-refractivity contribution in [1.82, 2.24) is 9.55 Å². The van der Waals surface area contributed by atoms with Crippen molar-refractivity contribution >= 4 is 0 Å². The zero-order valence-electron chi connectivity index (χ0n) is 9.33. The second-order valence-electron chi connectivity index (χ2n) is 4.76. The third-order valence-electron chi connectivity index (χ3n) is 3.81. The summed E-state index contributed by atoms with van der Waals surface area (Å²) >= 11 is 0. The van der Waals surface area contributed by atoms with Crippen LogP contribution in [0.25, 0.3) is 0 Å². The van der Waals surface area contributed by atoms with Crippen molar-refractivity contribution in [3.05, 3.63) is 33.1 Å². The van der Waals surface area contributed by atoms with Crippen molar-refractivity contribution in [3.8, 4) is 0 Å². The van der Waals surface area contributed by atoms with E-state index in [0.29, 0.717) is 0 Å². The van der Waals surface area contributed by atoms with Crippen LogP contribution in [0.1, 0.15) is 13.2 Å². The van der Waals surface area contributed by atoms with Crippen molar-refractivity contribution in [2.45, 2.75) is 36.6 Å². The summed E-state index contributed by atoms with van der Waals surface area (Å²) in [5.74, 6) is 0. The highest BCUT2D eigenvalue weighted by Crippen LogP contribution is 2.62. The van der Waals surface area contributed by atoms with Crippen LogP contribution in [-0.4, -0.2) is 43.2 Å². The Bertz CT molecular complexity index is 627. The van der Waals surface area contributed by atoms with Gasteiger partial charge in [-0.05, 0) is 6.92 Å². The molecule has 1 aliphatic carbocycles. The average molecular weight is 258 g/mol. The predicted molar refractivity (Wildman–Crippen MR) is 55.7 cm³/mol. The number of aliphatic hydroxyl groups is 2. The van der Waals surface area contributed by atoms with Crippen LogP contribution in [-0.2, 0) is 4.74 Å². The van der Waals surface area contributed by atoms with Gasteiger partial charge >= 0.3 is 5.69 Å². The molecule has 3 rings (SSSR count). The minimum atomic E-state index is -2.01. The normalized spacial score (nSPS) is 45.9. The maximum atomic E-state index is 14.1. The molecule has 0 amide bonds. The van der Waals surface area contributed by atoms with E-state index in [4.69, 9.17) is 4.74 Å². The first-order valence-electron chi connectivity index (χ1n) is 5.36. The number of alkyl halides is 1. The van der Waals surface area contributed by atoms with Gasteiger partial charge in [0.2, 0.25) is 0 Å². The number of aromatic amines is 1. The number of H-pyrrole nitrogens is 1. The van der Waals surface area contributed by atoms with Crippen LogP contribution < -0.4 is 11.2 Å². The molecule has 8 heteroatoms. The van der Waals surface area contributed by atoms with Gasteiger partial charge in [-0.3, -0.25) is 14.3 Å². The van der Waals surface area contributed by atoms with Crippen molar-refractivity contribution in [1.29, 1.82) is 0 Å². The zero-order valence-corrected chi connectivity index (χ0v) is 9.33. The summed E-state index contributed by atoms with van der Waals surface area (Å²) in [7, 11) is 0. The molecule has 98 valence electrons. The monoisotopic (exact) mass is 258 g/mol. The maximum absolute atomic E-state index is 14.1.